The molecule has 1 aromatic heterocycles. The van der Waals surface area contributed by atoms with Gasteiger partial charge in [0.15, 0.2) is 0 Å². The van der Waals surface area contributed by atoms with Gasteiger partial charge in [-0.2, -0.15) is 0 Å². The fourth-order valence-corrected chi connectivity index (χ4v) is 2.96. The molecular formula is C17H29BrN2. The van der Waals surface area contributed by atoms with E-state index in [0.717, 1.165) is 4.47 Å². The normalized spacial score (nSPS) is 12.6. The molecule has 3 heteroatoms. The minimum Gasteiger partial charge on any atom is -0.313 e. The zero-order valence-corrected chi connectivity index (χ0v) is 14.6. The lowest BCUT2D eigenvalue weighted by Crippen LogP contribution is -2.16. The van der Waals surface area contributed by atoms with Crippen molar-refractivity contribution in [2.75, 3.05) is 7.05 Å². The average Bonchev–Trinajstić information content (AvgIpc) is 2.46. The van der Waals surface area contributed by atoms with Crippen LogP contribution in [0.5, 0.6) is 0 Å². The number of nitrogens with zero attached hydrogens (tertiary/aromatic N) is 1. The Balaban J connectivity index is 2.16. The zero-order chi connectivity index (χ0) is 14.6. The topological polar surface area (TPSA) is 24.9 Å². The minimum atomic E-state index is 0.431. The number of aromatic nitrogens is 1. The number of hydrogen-bond donors (Lipinski definition) is 1. The zero-order valence-electron chi connectivity index (χ0n) is 13.0. The summed E-state index contributed by atoms with van der Waals surface area (Å²) in [6.07, 6.45) is 16.0. The largest absolute Gasteiger partial charge is 0.313 e. The van der Waals surface area contributed by atoms with Crippen molar-refractivity contribution in [2.45, 2.75) is 70.8 Å². The lowest BCUT2D eigenvalue weighted by Gasteiger charge is -2.16. The van der Waals surface area contributed by atoms with Crippen LogP contribution in [0.3, 0.4) is 0 Å². The number of nitrogens with one attached hydrogen (secondary N) is 1. The first-order valence-electron chi connectivity index (χ1n) is 8.05. The van der Waals surface area contributed by atoms with Crippen molar-refractivity contribution in [1.82, 2.24) is 10.3 Å². The molecular weight excluding hydrogens is 312 g/mol. The standard InChI is InChI=1S/C17H29BrN2/c1-3-4-5-6-7-8-9-10-11-17(19-2)15-12-16(18)14-20-13-15/h12-14,17,19H,3-11H2,1-2H3. The van der Waals surface area contributed by atoms with Crippen molar-refractivity contribution < 1.29 is 0 Å². The quantitative estimate of drug-likeness (QED) is 0.527. The van der Waals surface area contributed by atoms with Crippen LogP contribution in [0.2, 0.25) is 0 Å². The monoisotopic (exact) mass is 340 g/mol. The van der Waals surface area contributed by atoms with Crippen LogP contribution in [0.25, 0.3) is 0 Å². The second kappa shape index (κ2) is 11.3. The summed E-state index contributed by atoms with van der Waals surface area (Å²) in [5, 5.41) is 3.40. The van der Waals surface area contributed by atoms with Gasteiger partial charge in [-0.05, 0) is 41.0 Å². The van der Waals surface area contributed by atoms with Crippen LogP contribution in [0.4, 0.5) is 0 Å². The predicted molar refractivity (Wildman–Crippen MR) is 91.0 cm³/mol. The summed E-state index contributed by atoms with van der Waals surface area (Å²) in [5.74, 6) is 0. The third kappa shape index (κ3) is 7.39. The molecule has 0 aliphatic carbocycles. The Labute approximate surface area is 132 Å². The Morgan fingerprint density at radius 3 is 2.30 bits per heavy atom. The Bertz CT molecular complexity index is 355. The van der Waals surface area contributed by atoms with Gasteiger partial charge in [-0.15, -0.1) is 0 Å². The van der Waals surface area contributed by atoms with Crippen molar-refractivity contribution in [3.8, 4) is 0 Å². The summed E-state index contributed by atoms with van der Waals surface area (Å²) in [7, 11) is 2.04. The van der Waals surface area contributed by atoms with Crippen LogP contribution in [0.15, 0.2) is 22.9 Å². The van der Waals surface area contributed by atoms with Crippen LogP contribution >= 0.6 is 15.9 Å². The van der Waals surface area contributed by atoms with Gasteiger partial charge in [0.25, 0.3) is 0 Å². The highest BCUT2D eigenvalue weighted by molar-refractivity contribution is 9.10. The molecule has 114 valence electrons. The van der Waals surface area contributed by atoms with E-state index in [2.05, 4.69) is 39.2 Å². The third-order valence-electron chi connectivity index (χ3n) is 3.82. The molecule has 1 aromatic rings. The predicted octanol–water partition coefficient (Wildman–Crippen LogP) is 5.64. The molecule has 1 heterocycles. The van der Waals surface area contributed by atoms with Gasteiger partial charge in [-0.3, -0.25) is 4.98 Å². The molecule has 1 atom stereocenters. The molecule has 1 unspecified atom stereocenters. The summed E-state index contributed by atoms with van der Waals surface area (Å²) >= 11 is 3.49. The van der Waals surface area contributed by atoms with Crippen LogP contribution in [-0.2, 0) is 0 Å². The minimum absolute atomic E-state index is 0.431. The summed E-state index contributed by atoms with van der Waals surface area (Å²) < 4.78 is 1.06. The molecule has 1 rings (SSSR count). The first-order valence-corrected chi connectivity index (χ1v) is 8.85. The third-order valence-corrected chi connectivity index (χ3v) is 4.26. The summed E-state index contributed by atoms with van der Waals surface area (Å²) in [6, 6.07) is 2.60. The molecule has 1 N–H and O–H groups in total. The van der Waals surface area contributed by atoms with E-state index in [1.54, 1.807) is 0 Å². The summed E-state index contributed by atoms with van der Waals surface area (Å²) in [5.41, 5.74) is 1.28. The van der Waals surface area contributed by atoms with E-state index in [0.29, 0.717) is 6.04 Å². The van der Waals surface area contributed by atoms with E-state index in [4.69, 9.17) is 0 Å². The Morgan fingerprint density at radius 2 is 1.70 bits per heavy atom. The van der Waals surface area contributed by atoms with Gasteiger partial charge in [0.1, 0.15) is 0 Å². The maximum Gasteiger partial charge on any atom is 0.0410 e. The van der Waals surface area contributed by atoms with E-state index in [-0.39, 0.29) is 0 Å². The van der Waals surface area contributed by atoms with Gasteiger partial charge in [0.2, 0.25) is 0 Å². The highest BCUT2D eigenvalue weighted by atomic mass is 79.9. The second-order valence-corrected chi connectivity index (χ2v) is 6.46. The maximum absolute atomic E-state index is 4.25. The van der Waals surface area contributed by atoms with Crippen molar-refractivity contribution in [3.63, 3.8) is 0 Å². The molecule has 0 amide bonds. The van der Waals surface area contributed by atoms with Crippen molar-refractivity contribution in [1.29, 1.82) is 0 Å². The molecule has 0 saturated carbocycles. The molecule has 0 bridgehead atoms. The number of hydrogen-bond acceptors (Lipinski definition) is 2. The van der Waals surface area contributed by atoms with E-state index < -0.39 is 0 Å². The SMILES string of the molecule is CCCCCCCCCCC(NC)c1cncc(Br)c1. The molecule has 20 heavy (non-hydrogen) atoms. The lowest BCUT2D eigenvalue weighted by atomic mass is 10.0. The molecule has 0 fully saturated rings. The van der Waals surface area contributed by atoms with Gasteiger partial charge in [-0.25, -0.2) is 0 Å². The van der Waals surface area contributed by atoms with Crippen molar-refractivity contribution in [2.24, 2.45) is 0 Å². The molecule has 0 aliphatic rings. The van der Waals surface area contributed by atoms with E-state index in [9.17, 15) is 0 Å². The smallest absolute Gasteiger partial charge is 0.0410 e. The van der Waals surface area contributed by atoms with E-state index >= 15 is 0 Å². The van der Waals surface area contributed by atoms with Gasteiger partial charge in [0.05, 0.1) is 0 Å². The Kier molecular flexibility index (Phi) is 9.94. The summed E-state index contributed by atoms with van der Waals surface area (Å²) in [4.78, 5) is 4.25. The van der Waals surface area contributed by atoms with Crippen molar-refractivity contribution in [3.05, 3.63) is 28.5 Å². The van der Waals surface area contributed by atoms with Gasteiger partial charge in [-0.1, -0.05) is 58.3 Å². The molecule has 0 radical (unpaired) electrons. The van der Waals surface area contributed by atoms with Gasteiger partial charge < -0.3 is 5.32 Å². The maximum atomic E-state index is 4.25. The molecule has 0 aliphatic heterocycles. The molecule has 0 aromatic carbocycles. The first-order chi connectivity index (χ1) is 9.77. The first kappa shape index (κ1) is 17.6. The number of halogens is 1. The van der Waals surface area contributed by atoms with Crippen molar-refractivity contribution >= 4 is 15.9 Å². The molecule has 2 nitrogen and oxygen atoms in total. The Hall–Kier alpha value is -0.410. The fourth-order valence-electron chi connectivity index (χ4n) is 2.58. The van der Waals surface area contributed by atoms with Crippen LogP contribution < -0.4 is 5.32 Å². The number of pyridine rings is 1. The molecule has 0 saturated heterocycles. The highest BCUT2D eigenvalue weighted by Crippen LogP contribution is 2.22. The average molecular weight is 341 g/mol. The number of rotatable bonds is 11. The summed E-state index contributed by atoms with van der Waals surface area (Å²) in [6.45, 7) is 2.27. The van der Waals surface area contributed by atoms with Crippen LogP contribution in [-0.4, -0.2) is 12.0 Å². The van der Waals surface area contributed by atoms with E-state index in [1.165, 1.54) is 63.4 Å². The number of unbranched alkanes of at least 4 members (excludes halogenated alkanes) is 7. The lowest BCUT2D eigenvalue weighted by molar-refractivity contribution is 0.493. The van der Waals surface area contributed by atoms with E-state index in [1.807, 2.05) is 19.4 Å². The highest BCUT2D eigenvalue weighted by Gasteiger charge is 2.09. The van der Waals surface area contributed by atoms with Gasteiger partial charge in [0, 0.05) is 22.9 Å². The molecule has 0 spiro atoms. The van der Waals surface area contributed by atoms with Gasteiger partial charge >= 0.3 is 0 Å². The second-order valence-electron chi connectivity index (χ2n) is 5.54. The fraction of sp³-hybridized carbons (Fsp3) is 0.706. The van der Waals surface area contributed by atoms with Crippen LogP contribution in [0, 0.1) is 0 Å². The van der Waals surface area contributed by atoms with Crippen LogP contribution in [0.1, 0.15) is 76.3 Å². The Morgan fingerprint density at radius 1 is 1.05 bits per heavy atom.